The van der Waals surface area contributed by atoms with Crippen molar-refractivity contribution >= 4 is 11.6 Å². The van der Waals surface area contributed by atoms with E-state index in [1.54, 1.807) is 6.92 Å². The van der Waals surface area contributed by atoms with Crippen molar-refractivity contribution in [3.8, 4) is 0 Å². The van der Waals surface area contributed by atoms with Gasteiger partial charge in [0.05, 0.1) is 0 Å². The molecule has 0 aliphatic heterocycles. The second-order valence-corrected chi connectivity index (χ2v) is 6.55. The quantitative estimate of drug-likeness (QED) is 0.832. The zero-order valence-corrected chi connectivity index (χ0v) is 12.4. The lowest BCUT2D eigenvalue weighted by Gasteiger charge is -2.20. The highest BCUT2D eigenvalue weighted by Crippen LogP contribution is 2.60. The lowest BCUT2D eigenvalue weighted by atomic mass is 9.99. The molecule has 1 aromatic carbocycles. The van der Waals surface area contributed by atoms with Crippen molar-refractivity contribution in [3.63, 3.8) is 0 Å². The van der Waals surface area contributed by atoms with Crippen LogP contribution < -0.4 is 10.6 Å². The van der Waals surface area contributed by atoms with Gasteiger partial charge in [0, 0.05) is 25.2 Å². The molecule has 0 spiro atoms. The molecule has 2 saturated carbocycles. The Morgan fingerprint density at radius 1 is 1.40 bits per heavy atom. The van der Waals surface area contributed by atoms with Gasteiger partial charge in [-0.25, -0.2) is 0 Å². The summed E-state index contributed by atoms with van der Waals surface area (Å²) in [5.74, 6) is 0.973. The summed E-state index contributed by atoms with van der Waals surface area (Å²) in [6, 6.07) is 8.46. The van der Waals surface area contributed by atoms with Gasteiger partial charge in [0.1, 0.15) is 0 Å². The zero-order valence-electron chi connectivity index (χ0n) is 12.4. The molecular formula is C17H24N2O. The van der Waals surface area contributed by atoms with E-state index >= 15 is 0 Å². The minimum atomic E-state index is -0.0200. The Kier molecular flexibility index (Phi) is 3.55. The molecular weight excluding hydrogens is 248 g/mol. The molecule has 0 saturated heterocycles. The number of hydrogen-bond donors (Lipinski definition) is 2. The van der Waals surface area contributed by atoms with Gasteiger partial charge in [0.25, 0.3) is 0 Å². The van der Waals surface area contributed by atoms with E-state index in [1.807, 2.05) is 12.1 Å². The lowest BCUT2D eigenvalue weighted by Crippen LogP contribution is -2.28. The van der Waals surface area contributed by atoms with Gasteiger partial charge in [-0.05, 0) is 61.6 Å². The number of anilines is 1. The van der Waals surface area contributed by atoms with E-state index in [0.29, 0.717) is 11.5 Å². The van der Waals surface area contributed by atoms with Crippen LogP contribution in [0.5, 0.6) is 0 Å². The Bertz CT molecular complexity index is 503. The number of hydrogen-bond acceptors (Lipinski definition) is 2. The van der Waals surface area contributed by atoms with E-state index in [-0.39, 0.29) is 5.91 Å². The van der Waals surface area contributed by atoms with E-state index in [1.165, 1.54) is 31.2 Å². The number of nitrogens with one attached hydrogen (secondary N) is 2. The molecule has 1 aromatic rings. The predicted octanol–water partition coefficient (Wildman–Crippen LogP) is 3.49. The summed E-state index contributed by atoms with van der Waals surface area (Å²) in [5, 5.41) is 6.54. The summed E-state index contributed by atoms with van der Waals surface area (Å²) in [5.41, 5.74) is 2.75. The van der Waals surface area contributed by atoms with Crippen LogP contribution >= 0.6 is 0 Å². The van der Waals surface area contributed by atoms with Gasteiger partial charge in [-0.2, -0.15) is 0 Å². The van der Waals surface area contributed by atoms with E-state index in [4.69, 9.17) is 0 Å². The standard InChI is InChI=1S/C17H24N2O/c1-12(18-11-17(8-9-17)15-6-7-15)14-4-3-5-16(10-14)19-13(2)20/h3-5,10,12,15,18H,6-9,11H2,1-2H3,(H,19,20). The van der Waals surface area contributed by atoms with Crippen LogP contribution in [0.4, 0.5) is 5.69 Å². The van der Waals surface area contributed by atoms with Gasteiger partial charge in [0.2, 0.25) is 5.91 Å². The van der Waals surface area contributed by atoms with Crippen LogP contribution in [0.15, 0.2) is 24.3 Å². The van der Waals surface area contributed by atoms with Crippen LogP contribution in [0.25, 0.3) is 0 Å². The third kappa shape index (κ3) is 3.04. The monoisotopic (exact) mass is 272 g/mol. The average molecular weight is 272 g/mol. The fourth-order valence-electron chi connectivity index (χ4n) is 3.15. The molecule has 3 heteroatoms. The molecule has 0 radical (unpaired) electrons. The lowest BCUT2D eigenvalue weighted by molar-refractivity contribution is -0.114. The van der Waals surface area contributed by atoms with Crippen LogP contribution in [0, 0.1) is 11.3 Å². The van der Waals surface area contributed by atoms with Crippen molar-refractivity contribution in [2.75, 3.05) is 11.9 Å². The van der Waals surface area contributed by atoms with Crippen LogP contribution in [0.1, 0.15) is 51.1 Å². The van der Waals surface area contributed by atoms with E-state index in [0.717, 1.165) is 18.2 Å². The summed E-state index contributed by atoms with van der Waals surface area (Å²) in [7, 11) is 0. The molecule has 0 bridgehead atoms. The Morgan fingerprint density at radius 2 is 2.15 bits per heavy atom. The topological polar surface area (TPSA) is 41.1 Å². The normalized spacial score (nSPS) is 21.3. The molecule has 1 unspecified atom stereocenters. The smallest absolute Gasteiger partial charge is 0.221 e. The Balaban J connectivity index is 1.58. The summed E-state index contributed by atoms with van der Waals surface area (Å²) in [6.07, 6.45) is 5.69. The van der Waals surface area contributed by atoms with Crippen LogP contribution in [0.3, 0.4) is 0 Å². The number of amides is 1. The molecule has 3 nitrogen and oxygen atoms in total. The van der Waals surface area contributed by atoms with Gasteiger partial charge in [-0.15, -0.1) is 0 Å². The molecule has 2 aliphatic rings. The summed E-state index contributed by atoms with van der Waals surface area (Å²) >= 11 is 0. The molecule has 2 fully saturated rings. The third-order valence-corrected chi connectivity index (χ3v) is 4.80. The molecule has 2 N–H and O–H groups in total. The predicted molar refractivity (Wildman–Crippen MR) is 81.6 cm³/mol. The van der Waals surface area contributed by atoms with Crippen molar-refractivity contribution in [1.82, 2.24) is 5.32 Å². The zero-order chi connectivity index (χ0) is 14.2. The van der Waals surface area contributed by atoms with Gasteiger partial charge in [0.15, 0.2) is 0 Å². The van der Waals surface area contributed by atoms with E-state index < -0.39 is 0 Å². The molecule has 108 valence electrons. The Labute approximate surface area is 121 Å². The highest BCUT2D eigenvalue weighted by Gasteiger charge is 2.53. The maximum Gasteiger partial charge on any atom is 0.221 e. The minimum absolute atomic E-state index is 0.0200. The number of carbonyl (C=O) groups excluding carboxylic acids is 1. The van der Waals surface area contributed by atoms with E-state index in [9.17, 15) is 4.79 Å². The first kappa shape index (κ1) is 13.6. The van der Waals surface area contributed by atoms with Crippen LogP contribution in [-0.4, -0.2) is 12.5 Å². The summed E-state index contributed by atoms with van der Waals surface area (Å²) in [6.45, 7) is 4.89. The van der Waals surface area contributed by atoms with Gasteiger partial charge < -0.3 is 10.6 Å². The highest BCUT2D eigenvalue weighted by atomic mass is 16.1. The Morgan fingerprint density at radius 3 is 2.75 bits per heavy atom. The van der Waals surface area contributed by atoms with Crippen molar-refractivity contribution in [1.29, 1.82) is 0 Å². The largest absolute Gasteiger partial charge is 0.326 e. The molecule has 3 rings (SSSR count). The number of benzene rings is 1. The fourth-order valence-corrected chi connectivity index (χ4v) is 3.15. The van der Waals surface area contributed by atoms with Crippen LogP contribution in [0.2, 0.25) is 0 Å². The first-order chi connectivity index (χ1) is 9.59. The molecule has 0 heterocycles. The van der Waals surface area contributed by atoms with Gasteiger partial charge in [-0.3, -0.25) is 4.79 Å². The van der Waals surface area contributed by atoms with Crippen molar-refractivity contribution in [3.05, 3.63) is 29.8 Å². The molecule has 1 amide bonds. The average Bonchev–Trinajstić information content (AvgIpc) is 3.27. The second-order valence-electron chi connectivity index (χ2n) is 6.55. The molecule has 2 aliphatic carbocycles. The SMILES string of the molecule is CC(=O)Nc1cccc(C(C)NCC2(C3CC3)CC2)c1. The maximum absolute atomic E-state index is 11.1. The minimum Gasteiger partial charge on any atom is -0.326 e. The van der Waals surface area contributed by atoms with Crippen molar-refractivity contribution in [2.24, 2.45) is 11.3 Å². The van der Waals surface area contributed by atoms with Gasteiger partial charge >= 0.3 is 0 Å². The van der Waals surface area contributed by atoms with E-state index in [2.05, 4.69) is 29.7 Å². The first-order valence-electron chi connectivity index (χ1n) is 7.70. The van der Waals surface area contributed by atoms with Crippen molar-refractivity contribution in [2.45, 2.75) is 45.6 Å². The summed E-state index contributed by atoms with van der Waals surface area (Å²) in [4.78, 5) is 11.1. The van der Waals surface area contributed by atoms with Crippen LogP contribution in [-0.2, 0) is 4.79 Å². The molecule has 20 heavy (non-hydrogen) atoms. The fraction of sp³-hybridized carbons (Fsp3) is 0.588. The highest BCUT2D eigenvalue weighted by molar-refractivity contribution is 5.88. The number of rotatable bonds is 6. The van der Waals surface area contributed by atoms with Gasteiger partial charge in [-0.1, -0.05) is 12.1 Å². The molecule has 0 aromatic heterocycles. The summed E-state index contributed by atoms with van der Waals surface area (Å²) < 4.78 is 0. The third-order valence-electron chi connectivity index (χ3n) is 4.80. The first-order valence-corrected chi connectivity index (χ1v) is 7.70. The van der Waals surface area contributed by atoms with Crippen molar-refractivity contribution < 1.29 is 4.79 Å². The maximum atomic E-state index is 11.1. The Hall–Kier alpha value is -1.35. The molecule has 1 atom stereocenters. The number of carbonyl (C=O) groups is 1. The second kappa shape index (κ2) is 5.21.